The molecule has 3 rings (SSSR count). The summed E-state index contributed by atoms with van der Waals surface area (Å²) in [6.07, 6.45) is 1.73. The fraction of sp³-hybridized carbons (Fsp3) is 0.0625. The van der Waals surface area contributed by atoms with Gasteiger partial charge in [0.1, 0.15) is 0 Å². The lowest BCUT2D eigenvalue weighted by atomic mass is 10.1. The van der Waals surface area contributed by atoms with E-state index in [0.717, 1.165) is 16.8 Å². The summed E-state index contributed by atoms with van der Waals surface area (Å²) in [6, 6.07) is 15.1. The lowest BCUT2D eigenvalue weighted by Crippen LogP contribution is -2.26. The molecule has 6 heteroatoms. The second-order valence-corrected chi connectivity index (χ2v) is 5.56. The van der Waals surface area contributed by atoms with Crippen molar-refractivity contribution in [1.29, 1.82) is 0 Å². The van der Waals surface area contributed by atoms with Gasteiger partial charge in [0.05, 0.1) is 11.2 Å². The van der Waals surface area contributed by atoms with Crippen molar-refractivity contribution in [3.8, 4) is 0 Å². The van der Waals surface area contributed by atoms with Crippen LogP contribution in [0.5, 0.6) is 0 Å². The molecule has 0 fully saturated rings. The minimum Gasteiger partial charge on any atom is -0.286 e. The van der Waals surface area contributed by atoms with Crippen molar-refractivity contribution in [1.82, 2.24) is 0 Å². The van der Waals surface area contributed by atoms with Crippen molar-refractivity contribution in [3.05, 3.63) is 69.7 Å². The minimum atomic E-state index is 0.341. The van der Waals surface area contributed by atoms with Gasteiger partial charge >= 0.3 is 5.96 Å². The molecule has 0 amide bonds. The largest absolute Gasteiger partial charge is 0.409 e. The van der Waals surface area contributed by atoms with Crippen LogP contribution >= 0.6 is 23.2 Å². The molecule has 2 aromatic carbocycles. The standard InChI is InChI=1S/C16H13Cl2N4/c17-12-6-7-13(14(18)8-12)15-10-20-16(19)22(15)21-9-11-4-2-1-3-5-11/h1-9H,10H2,(H2,19,20)/q+1/b21-9-. The quantitative estimate of drug-likeness (QED) is 0.681. The van der Waals surface area contributed by atoms with Crippen LogP contribution in [-0.4, -0.2) is 29.1 Å². The zero-order valence-corrected chi connectivity index (χ0v) is 13.1. The molecule has 4 nitrogen and oxygen atoms in total. The molecule has 1 aliphatic rings. The van der Waals surface area contributed by atoms with Crippen LogP contribution in [-0.2, 0) is 0 Å². The van der Waals surface area contributed by atoms with Crippen molar-refractivity contribution in [2.45, 2.75) is 0 Å². The highest BCUT2D eigenvalue weighted by Gasteiger charge is 2.26. The number of aliphatic imine (C=N–C) groups is 1. The zero-order valence-electron chi connectivity index (χ0n) is 11.6. The second kappa shape index (κ2) is 6.30. The van der Waals surface area contributed by atoms with Gasteiger partial charge in [0, 0.05) is 10.6 Å². The maximum absolute atomic E-state index is 6.26. The van der Waals surface area contributed by atoms with E-state index in [2.05, 4.69) is 10.1 Å². The van der Waals surface area contributed by atoms with Gasteiger partial charge in [-0.25, -0.2) is 0 Å². The van der Waals surface area contributed by atoms with E-state index in [9.17, 15) is 0 Å². The van der Waals surface area contributed by atoms with E-state index in [1.54, 1.807) is 23.0 Å². The molecule has 1 heterocycles. The number of guanidine groups is 1. The highest BCUT2D eigenvalue weighted by molar-refractivity contribution is 6.37. The van der Waals surface area contributed by atoms with Gasteiger partial charge in [-0.3, -0.25) is 5.73 Å². The monoisotopic (exact) mass is 331 g/mol. The topological polar surface area (TPSA) is 53.7 Å². The maximum Gasteiger partial charge on any atom is 0.409 e. The summed E-state index contributed by atoms with van der Waals surface area (Å²) in [5, 5.41) is 5.55. The first-order valence-corrected chi connectivity index (χ1v) is 7.41. The average molecular weight is 332 g/mol. The van der Waals surface area contributed by atoms with Crippen molar-refractivity contribution < 1.29 is 4.68 Å². The van der Waals surface area contributed by atoms with E-state index >= 15 is 0 Å². The van der Waals surface area contributed by atoms with Crippen LogP contribution in [0.4, 0.5) is 0 Å². The lowest BCUT2D eigenvalue weighted by molar-refractivity contribution is -0.410. The fourth-order valence-corrected chi connectivity index (χ4v) is 2.66. The third-order valence-corrected chi connectivity index (χ3v) is 3.78. The van der Waals surface area contributed by atoms with E-state index in [4.69, 9.17) is 28.9 Å². The van der Waals surface area contributed by atoms with Gasteiger partial charge in [-0.05, 0) is 23.8 Å². The van der Waals surface area contributed by atoms with Gasteiger partial charge in [0.15, 0.2) is 12.3 Å². The van der Waals surface area contributed by atoms with E-state index in [1.807, 2.05) is 36.4 Å². The van der Waals surface area contributed by atoms with Crippen molar-refractivity contribution in [2.24, 2.45) is 15.8 Å². The second-order valence-electron chi connectivity index (χ2n) is 4.71. The molecule has 0 unspecified atom stereocenters. The molecule has 0 saturated heterocycles. The molecule has 0 aromatic heterocycles. The number of nitrogens with two attached hydrogens (primary N) is 1. The molecular formula is C16H13Cl2N4+. The summed E-state index contributed by atoms with van der Waals surface area (Å²) in [7, 11) is 0. The predicted octanol–water partition coefficient (Wildman–Crippen LogP) is 3.16. The smallest absolute Gasteiger partial charge is 0.286 e. The summed E-state index contributed by atoms with van der Waals surface area (Å²) in [6.45, 7) is 0.430. The molecule has 0 aliphatic carbocycles. The zero-order chi connectivity index (χ0) is 15.5. The molecule has 110 valence electrons. The number of hydrogen-bond acceptors (Lipinski definition) is 3. The normalized spacial score (nSPS) is 14.7. The average Bonchev–Trinajstić information content (AvgIpc) is 2.87. The summed E-state index contributed by atoms with van der Waals surface area (Å²) in [4.78, 5) is 4.23. The van der Waals surface area contributed by atoms with E-state index in [0.29, 0.717) is 22.5 Å². The van der Waals surface area contributed by atoms with Gasteiger partial charge in [-0.15, -0.1) is 14.8 Å². The predicted molar refractivity (Wildman–Crippen MR) is 91.4 cm³/mol. The first kappa shape index (κ1) is 14.8. The number of nitrogens with zero attached hydrogens (tertiary/aromatic N) is 3. The number of halogens is 2. The molecule has 0 bridgehead atoms. The first-order chi connectivity index (χ1) is 10.6. The van der Waals surface area contributed by atoms with Crippen LogP contribution in [0, 0.1) is 0 Å². The van der Waals surface area contributed by atoms with Gasteiger partial charge in [0.2, 0.25) is 0 Å². The Morgan fingerprint density at radius 2 is 1.91 bits per heavy atom. The lowest BCUT2D eigenvalue weighted by Gasteiger charge is -2.04. The van der Waals surface area contributed by atoms with Gasteiger partial charge in [-0.2, -0.15) is 0 Å². The Bertz CT molecular complexity index is 795. The van der Waals surface area contributed by atoms with Crippen LogP contribution in [0.2, 0.25) is 10.0 Å². The molecule has 2 N–H and O–H groups in total. The van der Waals surface area contributed by atoms with E-state index in [-0.39, 0.29) is 0 Å². The Morgan fingerprint density at radius 1 is 1.14 bits per heavy atom. The Kier molecular flexibility index (Phi) is 4.22. The van der Waals surface area contributed by atoms with E-state index in [1.165, 1.54) is 0 Å². The number of rotatable bonds is 3. The van der Waals surface area contributed by atoms with Gasteiger partial charge in [-0.1, -0.05) is 53.5 Å². The molecule has 22 heavy (non-hydrogen) atoms. The SMILES string of the molecule is NC1=NCC(c2ccc(Cl)cc2Cl)=[N+]1/N=C\c1ccccc1. The van der Waals surface area contributed by atoms with Crippen molar-refractivity contribution >= 4 is 41.1 Å². The fourth-order valence-electron chi connectivity index (χ4n) is 2.14. The van der Waals surface area contributed by atoms with Gasteiger partial charge in [0.25, 0.3) is 0 Å². The highest BCUT2D eigenvalue weighted by atomic mass is 35.5. The molecule has 1 aliphatic heterocycles. The first-order valence-electron chi connectivity index (χ1n) is 6.65. The van der Waals surface area contributed by atoms with Crippen LogP contribution < -0.4 is 5.73 Å². The van der Waals surface area contributed by atoms with Crippen molar-refractivity contribution in [2.75, 3.05) is 6.54 Å². The van der Waals surface area contributed by atoms with Gasteiger partial charge < -0.3 is 0 Å². The molecule has 0 atom stereocenters. The number of benzene rings is 2. The molecule has 0 radical (unpaired) electrons. The minimum absolute atomic E-state index is 0.341. The molecular weight excluding hydrogens is 319 g/mol. The third-order valence-electron chi connectivity index (χ3n) is 3.23. The van der Waals surface area contributed by atoms with Crippen LogP contribution in [0.15, 0.2) is 58.6 Å². The summed E-state index contributed by atoms with van der Waals surface area (Å²) < 4.78 is 1.60. The Balaban J connectivity index is 2.01. The molecule has 2 aromatic rings. The van der Waals surface area contributed by atoms with Crippen LogP contribution in [0.3, 0.4) is 0 Å². The Labute approximate surface area is 138 Å². The summed E-state index contributed by atoms with van der Waals surface area (Å²) in [5.41, 5.74) is 8.54. The number of hydrazone groups is 1. The summed E-state index contributed by atoms with van der Waals surface area (Å²) >= 11 is 12.2. The summed E-state index contributed by atoms with van der Waals surface area (Å²) in [5.74, 6) is 0.341. The van der Waals surface area contributed by atoms with E-state index < -0.39 is 0 Å². The molecule has 0 saturated carbocycles. The number of hydrogen-bond donors (Lipinski definition) is 1. The Hall–Kier alpha value is -2.17. The maximum atomic E-state index is 6.26. The molecule has 0 spiro atoms. The highest BCUT2D eigenvalue weighted by Crippen LogP contribution is 2.22. The van der Waals surface area contributed by atoms with Crippen LogP contribution in [0.1, 0.15) is 11.1 Å². The van der Waals surface area contributed by atoms with Crippen molar-refractivity contribution in [3.63, 3.8) is 0 Å². The Morgan fingerprint density at radius 3 is 2.64 bits per heavy atom. The third kappa shape index (κ3) is 3.03. The van der Waals surface area contributed by atoms with Crippen LogP contribution in [0.25, 0.3) is 0 Å².